The Morgan fingerprint density at radius 1 is 1.38 bits per heavy atom. The number of fused-ring (bicyclic) bond motifs is 1. The highest BCUT2D eigenvalue weighted by Gasteiger charge is 2.14. The Kier molecular flexibility index (Phi) is 3.83. The number of alkyl halides is 1. The molecule has 1 aromatic heterocycles. The van der Waals surface area contributed by atoms with Crippen molar-refractivity contribution in [2.45, 2.75) is 18.8 Å². The van der Waals surface area contributed by atoms with E-state index in [0.717, 1.165) is 29.5 Å². The van der Waals surface area contributed by atoms with E-state index in [2.05, 4.69) is 34.6 Å². The fourth-order valence-electron chi connectivity index (χ4n) is 1.91. The lowest BCUT2D eigenvalue weighted by Crippen LogP contribution is -1.96. The summed E-state index contributed by atoms with van der Waals surface area (Å²) < 4.78 is 5.87. The van der Waals surface area contributed by atoms with Crippen LogP contribution in [0, 0.1) is 0 Å². The molecule has 1 unspecified atom stereocenters. The first-order valence-electron chi connectivity index (χ1n) is 5.50. The van der Waals surface area contributed by atoms with Crippen LogP contribution in [-0.2, 0) is 0 Å². The molecule has 0 radical (unpaired) electrons. The van der Waals surface area contributed by atoms with Gasteiger partial charge in [0.1, 0.15) is 11.3 Å². The highest BCUT2D eigenvalue weighted by molar-refractivity contribution is 9.09. The molecule has 1 aromatic carbocycles. The van der Waals surface area contributed by atoms with Crippen LogP contribution >= 0.6 is 15.9 Å². The number of rotatable bonds is 5. The van der Waals surface area contributed by atoms with Gasteiger partial charge in [0.2, 0.25) is 0 Å². The van der Waals surface area contributed by atoms with Crippen LogP contribution in [0.1, 0.15) is 24.5 Å². The predicted molar refractivity (Wildman–Crippen MR) is 72.2 cm³/mol. The lowest BCUT2D eigenvalue weighted by molar-refractivity contribution is 0.484. The van der Waals surface area contributed by atoms with Crippen molar-refractivity contribution in [3.8, 4) is 0 Å². The zero-order chi connectivity index (χ0) is 11.4. The summed E-state index contributed by atoms with van der Waals surface area (Å²) >= 11 is 3.49. The van der Waals surface area contributed by atoms with Crippen molar-refractivity contribution in [3.05, 3.63) is 48.7 Å². The van der Waals surface area contributed by atoms with E-state index in [1.807, 2.05) is 24.3 Å². The summed E-state index contributed by atoms with van der Waals surface area (Å²) in [6.07, 6.45) is 4.00. The minimum Gasteiger partial charge on any atom is -0.461 e. The van der Waals surface area contributed by atoms with Crippen LogP contribution in [0.25, 0.3) is 11.0 Å². The van der Waals surface area contributed by atoms with Gasteiger partial charge in [0, 0.05) is 16.6 Å². The van der Waals surface area contributed by atoms with E-state index in [4.69, 9.17) is 4.42 Å². The van der Waals surface area contributed by atoms with Crippen LogP contribution in [0.4, 0.5) is 0 Å². The molecular formula is C14H15BrO. The van der Waals surface area contributed by atoms with Gasteiger partial charge < -0.3 is 4.42 Å². The van der Waals surface area contributed by atoms with Crippen molar-refractivity contribution in [1.82, 2.24) is 0 Å². The molecule has 2 aromatic rings. The van der Waals surface area contributed by atoms with Crippen molar-refractivity contribution >= 4 is 26.9 Å². The average Bonchev–Trinajstić information content (AvgIpc) is 2.72. The number of furan rings is 1. The molecule has 1 atom stereocenters. The van der Waals surface area contributed by atoms with Gasteiger partial charge in [0.15, 0.2) is 0 Å². The Labute approximate surface area is 104 Å². The lowest BCUT2D eigenvalue weighted by Gasteiger charge is -2.09. The molecule has 0 fully saturated rings. The molecule has 0 bridgehead atoms. The van der Waals surface area contributed by atoms with Crippen molar-refractivity contribution in [2.75, 3.05) is 5.33 Å². The highest BCUT2D eigenvalue weighted by atomic mass is 79.9. The van der Waals surface area contributed by atoms with Crippen LogP contribution in [0.5, 0.6) is 0 Å². The summed E-state index contributed by atoms with van der Waals surface area (Å²) in [5.41, 5.74) is 0.973. The first-order valence-corrected chi connectivity index (χ1v) is 6.62. The summed E-state index contributed by atoms with van der Waals surface area (Å²) in [4.78, 5) is 0. The molecule has 0 spiro atoms. The van der Waals surface area contributed by atoms with Gasteiger partial charge in [-0.2, -0.15) is 0 Å². The Morgan fingerprint density at radius 2 is 2.19 bits per heavy atom. The van der Waals surface area contributed by atoms with Crippen LogP contribution in [0.15, 0.2) is 47.4 Å². The molecule has 2 rings (SSSR count). The normalized spacial score (nSPS) is 12.8. The van der Waals surface area contributed by atoms with Crippen LogP contribution in [0.2, 0.25) is 0 Å². The van der Waals surface area contributed by atoms with E-state index in [1.165, 1.54) is 5.39 Å². The molecule has 84 valence electrons. The molecule has 0 saturated heterocycles. The Morgan fingerprint density at radius 3 is 2.88 bits per heavy atom. The van der Waals surface area contributed by atoms with Crippen molar-refractivity contribution < 1.29 is 4.42 Å². The van der Waals surface area contributed by atoms with Gasteiger partial charge in [0.25, 0.3) is 0 Å². The number of benzene rings is 1. The van der Waals surface area contributed by atoms with Crippen LogP contribution < -0.4 is 0 Å². The zero-order valence-electron chi connectivity index (χ0n) is 9.16. The van der Waals surface area contributed by atoms with Gasteiger partial charge in [0.05, 0.1) is 0 Å². The average molecular weight is 279 g/mol. The largest absolute Gasteiger partial charge is 0.461 e. The number of halogens is 1. The van der Waals surface area contributed by atoms with E-state index in [-0.39, 0.29) is 0 Å². The number of para-hydroxylation sites is 1. The van der Waals surface area contributed by atoms with Crippen LogP contribution in [0.3, 0.4) is 0 Å². The minimum atomic E-state index is 0.435. The van der Waals surface area contributed by atoms with Crippen molar-refractivity contribution in [1.29, 1.82) is 0 Å². The Balaban J connectivity index is 2.32. The van der Waals surface area contributed by atoms with Gasteiger partial charge in [-0.25, -0.2) is 0 Å². The summed E-state index contributed by atoms with van der Waals surface area (Å²) in [7, 11) is 0. The monoisotopic (exact) mass is 278 g/mol. The van der Waals surface area contributed by atoms with Gasteiger partial charge in [-0.1, -0.05) is 40.2 Å². The smallest absolute Gasteiger partial charge is 0.134 e. The molecule has 0 saturated carbocycles. The molecule has 1 nitrogen and oxygen atoms in total. The van der Waals surface area contributed by atoms with E-state index in [1.54, 1.807) is 0 Å². The number of allylic oxidation sites excluding steroid dienone is 1. The quantitative estimate of drug-likeness (QED) is 0.561. The molecule has 1 heterocycles. The maximum Gasteiger partial charge on any atom is 0.134 e. The predicted octanol–water partition coefficient (Wildman–Crippen LogP) is 4.88. The Hall–Kier alpha value is -1.02. The molecule has 2 heteroatoms. The Bertz CT molecular complexity index is 439. The summed E-state index contributed by atoms with van der Waals surface area (Å²) in [5.74, 6) is 1.50. The van der Waals surface area contributed by atoms with Gasteiger partial charge in [-0.15, -0.1) is 6.58 Å². The fourth-order valence-corrected chi connectivity index (χ4v) is 2.47. The first kappa shape index (κ1) is 11.5. The van der Waals surface area contributed by atoms with Gasteiger partial charge in [-0.3, -0.25) is 0 Å². The molecule has 0 N–H and O–H groups in total. The van der Waals surface area contributed by atoms with Crippen molar-refractivity contribution in [2.24, 2.45) is 0 Å². The van der Waals surface area contributed by atoms with E-state index in [0.29, 0.717) is 5.92 Å². The SMILES string of the molecule is C=CCC(CCBr)c1cc2ccccc2o1. The van der Waals surface area contributed by atoms with Crippen molar-refractivity contribution in [3.63, 3.8) is 0 Å². The summed E-state index contributed by atoms with van der Waals surface area (Å²) in [5, 5.41) is 2.17. The zero-order valence-corrected chi connectivity index (χ0v) is 10.7. The second kappa shape index (κ2) is 5.35. The fraction of sp³-hybridized carbons (Fsp3) is 0.286. The third-order valence-electron chi connectivity index (χ3n) is 2.76. The second-order valence-corrected chi connectivity index (χ2v) is 4.68. The maximum atomic E-state index is 5.87. The topological polar surface area (TPSA) is 13.1 Å². The summed E-state index contributed by atoms with van der Waals surface area (Å²) in [6.45, 7) is 3.81. The molecule has 0 aliphatic heterocycles. The highest BCUT2D eigenvalue weighted by Crippen LogP contribution is 2.30. The van der Waals surface area contributed by atoms with E-state index < -0.39 is 0 Å². The standard InChI is InChI=1S/C14H15BrO/c1-2-5-11(8-9-15)14-10-12-6-3-4-7-13(12)16-14/h2-4,6-7,10-11H,1,5,8-9H2. The number of hydrogen-bond acceptors (Lipinski definition) is 1. The third kappa shape index (κ3) is 2.38. The first-order chi connectivity index (χ1) is 7.85. The van der Waals surface area contributed by atoms with Gasteiger partial charge >= 0.3 is 0 Å². The molecular weight excluding hydrogens is 264 g/mol. The molecule has 0 aliphatic rings. The lowest BCUT2D eigenvalue weighted by atomic mass is 9.99. The van der Waals surface area contributed by atoms with E-state index >= 15 is 0 Å². The van der Waals surface area contributed by atoms with Gasteiger partial charge in [-0.05, 0) is 25.0 Å². The number of hydrogen-bond donors (Lipinski definition) is 0. The maximum absolute atomic E-state index is 5.87. The molecule has 0 amide bonds. The minimum absolute atomic E-state index is 0.435. The third-order valence-corrected chi connectivity index (χ3v) is 3.21. The molecule has 16 heavy (non-hydrogen) atoms. The molecule has 0 aliphatic carbocycles. The second-order valence-electron chi connectivity index (χ2n) is 3.89. The summed E-state index contributed by atoms with van der Waals surface area (Å²) in [6, 6.07) is 10.3. The van der Waals surface area contributed by atoms with E-state index in [9.17, 15) is 0 Å². The van der Waals surface area contributed by atoms with Crippen LogP contribution in [-0.4, -0.2) is 5.33 Å².